The van der Waals surface area contributed by atoms with Gasteiger partial charge in [-0.25, -0.2) is 0 Å². The van der Waals surface area contributed by atoms with Crippen molar-refractivity contribution < 1.29 is 4.74 Å². The van der Waals surface area contributed by atoms with Gasteiger partial charge in [-0.05, 0) is 32.9 Å². The van der Waals surface area contributed by atoms with Crippen molar-refractivity contribution in [2.45, 2.75) is 25.3 Å². The Morgan fingerprint density at radius 1 is 1.60 bits per heavy atom. The Balaban J connectivity index is 1.73. The zero-order chi connectivity index (χ0) is 10.7. The highest BCUT2D eigenvalue weighted by atomic mass is 35.5. The first-order valence-corrected chi connectivity index (χ1v) is 6.19. The van der Waals surface area contributed by atoms with Gasteiger partial charge in [0.25, 0.3) is 5.88 Å². The third-order valence-corrected chi connectivity index (χ3v) is 3.64. The second-order valence-corrected chi connectivity index (χ2v) is 4.66. The normalized spacial score (nSPS) is 22.1. The number of ether oxygens (including phenoxy) is 1. The van der Waals surface area contributed by atoms with Gasteiger partial charge in [0.15, 0.2) is 0 Å². The lowest BCUT2D eigenvalue weighted by Gasteiger charge is -2.18. The SMILES string of the molecule is CN1CCCC1CCOc1nsnc1Cl. The summed E-state index contributed by atoms with van der Waals surface area (Å²) in [5.41, 5.74) is 0. The molecule has 0 aliphatic carbocycles. The zero-order valence-electron chi connectivity index (χ0n) is 8.65. The molecule has 2 heterocycles. The summed E-state index contributed by atoms with van der Waals surface area (Å²) in [5, 5.41) is 0.375. The molecular formula is C9H14ClN3OS. The molecule has 0 radical (unpaired) electrons. The van der Waals surface area contributed by atoms with Gasteiger partial charge in [-0.2, -0.15) is 4.37 Å². The summed E-state index contributed by atoms with van der Waals surface area (Å²) in [4.78, 5) is 2.38. The Morgan fingerprint density at radius 3 is 3.07 bits per heavy atom. The van der Waals surface area contributed by atoms with Gasteiger partial charge in [0, 0.05) is 6.04 Å². The molecule has 1 saturated heterocycles. The lowest BCUT2D eigenvalue weighted by Crippen LogP contribution is -2.26. The van der Waals surface area contributed by atoms with Gasteiger partial charge in [0.1, 0.15) is 0 Å². The van der Waals surface area contributed by atoms with E-state index in [4.69, 9.17) is 16.3 Å². The molecule has 15 heavy (non-hydrogen) atoms. The average molecular weight is 248 g/mol. The van der Waals surface area contributed by atoms with Crippen LogP contribution in [0.2, 0.25) is 5.15 Å². The van der Waals surface area contributed by atoms with Gasteiger partial charge in [-0.1, -0.05) is 11.6 Å². The first-order valence-electron chi connectivity index (χ1n) is 5.08. The number of aromatic nitrogens is 2. The van der Waals surface area contributed by atoms with E-state index in [0.29, 0.717) is 23.7 Å². The topological polar surface area (TPSA) is 38.2 Å². The van der Waals surface area contributed by atoms with Crippen LogP contribution in [-0.2, 0) is 0 Å². The van der Waals surface area contributed by atoms with Crippen molar-refractivity contribution in [3.05, 3.63) is 5.15 Å². The number of rotatable bonds is 4. The number of likely N-dealkylation sites (tertiary alicyclic amines) is 1. The summed E-state index contributed by atoms with van der Waals surface area (Å²) < 4.78 is 13.3. The molecule has 6 heteroatoms. The Morgan fingerprint density at radius 2 is 2.47 bits per heavy atom. The van der Waals surface area contributed by atoms with Gasteiger partial charge in [0.05, 0.1) is 18.3 Å². The van der Waals surface area contributed by atoms with E-state index >= 15 is 0 Å². The molecule has 0 spiro atoms. The van der Waals surface area contributed by atoms with E-state index in [9.17, 15) is 0 Å². The van der Waals surface area contributed by atoms with Crippen LogP contribution in [0.25, 0.3) is 0 Å². The van der Waals surface area contributed by atoms with Crippen molar-refractivity contribution in [1.29, 1.82) is 0 Å². The maximum Gasteiger partial charge on any atom is 0.265 e. The van der Waals surface area contributed by atoms with Crippen LogP contribution in [0.4, 0.5) is 0 Å². The smallest absolute Gasteiger partial charge is 0.265 e. The third kappa shape index (κ3) is 2.80. The van der Waals surface area contributed by atoms with Crippen LogP contribution >= 0.6 is 23.3 Å². The second kappa shape index (κ2) is 5.09. The summed E-state index contributed by atoms with van der Waals surface area (Å²) in [5.74, 6) is 0.474. The highest BCUT2D eigenvalue weighted by Crippen LogP contribution is 2.22. The molecule has 1 aliphatic heterocycles. The molecule has 0 saturated carbocycles. The molecule has 1 atom stereocenters. The Bertz CT molecular complexity index is 320. The summed E-state index contributed by atoms with van der Waals surface area (Å²) in [7, 11) is 2.16. The fraction of sp³-hybridized carbons (Fsp3) is 0.778. The van der Waals surface area contributed by atoms with E-state index in [1.165, 1.54) is 19.4 Å². The molecule has 1 aromatic heterocycles. The lowest BCUT2D eigenvalue weighted by molar-refractivity contribution is 0.229. The van der Waals surface area contributed by atoms with Crippen molar-refractivity contribution in [3.63, 3.8) is 0 Å². The van der Waals surface area contributed by atoms with E-state index in [1.807, 2.05) is 0 Å². The van der Waals surface area contributed by atoms with E-state index in [0.717, 1.165) is 18.1 Å². The van der Waals surface area contributed by atoms with E-state index < -0.39 is 0 Å². The highest BCUT2D eigenvalue weighted by molar-refractivity contribution is 6.99. The molecule has 0 amide bonds. The van der Waals surface area contributed by atoms with Crippen LogP contribution in [0.5, 0.6) is 5.88 Å². The molecule has 0 N–H and O–H groups in total. The summed E-state index contributed by atoms with van der Waals surface area (Å²) in [6, 6.07) is 0.648. The minimum atomic E-state index is 0.375. The minimum absolute atomic E-state index is 0.375. The average Bonchev–Trinajstić information content (AvgIpc) is 2.78. The van der Waals surface area contributed by atoms with Crippen LogP contribution < -0.4 is 4.74 Å². The molecule has 84 valence electrons. The second-order valence-electron chi connectivity index (χ2n) is 3.77. The Labute approximate surface area is 98.5 Å². The molecule has 0 aromatic carbocycles. The predicted octanol–water partition coefficient (Wildman–Crippen LogP) is 2.05. The van der Waals surface area contributed by atoms with Gasteiger partial charge in [0.2, 0.25) is 5.15 Å². The zero-order valence-corrected chi connectivity index (χ0v) is 10.2. The molecule has 1 aromatic rings. The molecule has 1 aliphatic rings. The lowest BCUT2D eigenvalue weighted by atomic mass is 10.1. The molecule has 0 bridgehead atoms. The fourth-order valence-corrected chi connectivity index (χ4v) is 2.54. The number of hydrogen-bond acceptors (Lipinski definition) is 5. The Hall–Kier alpha value is -0.390. The number of hydrogen-bond donors (Lipinski definition) is 0. The van der Waals surface area contributed by atoms with Gasteiger partial charge >= 0.3 is 0 Å². The van der Waals surface area contributed by atoms with Crippen molar-refractivity contribution in [2.24, 2.45) is 0 Å². The van der Waals surface area contributed by atoms with Crippen LogP contribution in [0, 0.1) is 0 Å². The van der Waals surface area contributed by atoms with Crippen LogP contribution in [0.1, 0.15) is 19.3 Å². The third-order valence-electron chi connectivity index (χ3n) is 2.78. The van der Waals surface area contributed by atoms with E-state index in [1.54, 1.807) is 0 Å². The maximum atomic E-state index is 5.77. The van der Waals surface area contributed by atoms with Crippen molar-refractivity contribution in [3.8, 4) is 5.88 Å². The molecular weight excluding hydrogens is 234 g/mol. The number of halogens is 1. The van der Waals surface area contributed by atoms with Crippen molar-refractivity contribution >= 4 is 23.3 Å². The van der Waals surface area contributed by atoms with Crippen molar-refractivity contribution in [1.82, 2.24) is 13.6 Å². The summed E-state index contributed by atoms with van der Waals surface area (Å²) in [6.07, 6.45) is 3.59. The largest absolute Gasteiger partial charge is 0.475 e. The fourth-order valence-electron chi connectivity index (χ4n) is 1.89. The summed E-state index contributed by atoms with van der Waals surface area (Å²) in [6.45, 7) is 1.86. The van der Waals surface area contributed by atoms with Crippen LogP contribution in [-0.4, -0.2) is 39.9 Å². The van der Waals surface area contributed by atoms with Crippen LogP contribution in [0.3, 0.4) is 0 Å². The quantitative estimate of drug-likeness (QED) is 0.816. The maximum absolute atomic E-state index is 5.77. The monoisotopic (exact) mass is 247 g/mol. The Kier molecular flexibility index (Phi) is 3.77. The molecule has 2 rings (SSSR count). The summed E-state index contributed by atoms with van der Waals surface area (Å²) >= 11 is 6.85. The first-order chi connectivity index (χ1) is 7.27. The van der Waals surface area contributed by atoms with Gasteiger partial charge in [-0.15, -0.1) is 4.37 Å². The van der Waals surface area contributed by atoms with E-state index in [2.05, 4.69) is 20.7 Å². The van der Waals surface area contributed by atoms with Gasteiger partial charge in [-0.3, -0.25) is 0 Å². The minimum Gasteiger partial charge on any atom is -0.475 e. The predicted molar refractivity (Wildman–Crippen MR) is 60.7 cm³/mol. The standard InChI is InChI=1S/C9H14ClN3OS/c1-13-5-2-3-7(13)4-6-14-9-8(10)11-15-12-9/h7H,2-6H2,1H3. The van der Waals surface area contributed by atoms with Crippen LogP contribution in [0.15, 0.2) is 0 Å². The van der Waals surface area contributed by atoms with Gasteiger partial charge < -0.3 is 9.64 Å². The van der Waals surface area contributed by atoms with Crippen molar-refractivity contribution in [2.75, 3.05) is 20.2 Å². The van der Waals surface area contributed by atoms with E-state index in [-0.39, 0.29) is 0 Å². The molecule has 4 nitrogen and oxygen atoms in total. The number of nitrogens with zero attached hydrogens (tertiary/aromatic N) is 3. The molecule has 1 fully saturated rings. The first kappa shape index (κ1) is 11.1. The highest BCUT2D eigenvalue weighted by Gasteiger charge is 2.20. The molecule has 1 unspecified atom stereocenters.